The van der Waals surface area contributed by atoms with Gasteiger partial charge in [-0.2, -0.15) is 5.26 Å². The van der Waals surface area contributed by atoms with Crippen molar-refractivity contribution in [1.29, 1.82) is 5.26 Å². The van der Waals surface area contributed by atoms with Crippen molar-refractivity contribution in [2.24, 2.45) is 5.92 Å². The largest absolute Gasteiger partial charge is 0.356 e. The van der Waals surface area contributed by atoms with Crippen molar-refractivity contribution in [2.75, 3.05) is 6.54 Å². The molecular formula is C17H22N2O2. The number of hydrogen-bond acceptors (Lipinski definition) is 3. The van der Waals surface area contributed by atoms with Gasteiger partial charge in [-0.05, 0) is 31.7 Å². The standard InChI is InChI=1S/C17H22N2O2/c1-13(12-18)11-17(21)16-8-6-15(7-9-16)5-3-4-10-19-14(2)20/h6-9,13H,3-5,10-11H2,1-2H3,(H,19,20). The Bertz CT molecular complexity index is 515. The molecule has 1 unspecified atom stereocenters. The third kappa shape index (κ3) is 6.71. The summed E-state index contributed by atoms with van der Waals surface area (Å²) in [5.74, 6) is -0.225. The van der Waals surface area contributed by atoms with Crippen LogP contribution >= 0.6 is 0 Å². The van der Waals surface area contributed by atoms with Gasteiger partial charge in [-0.1, -0.05) is 24.3 Å². The van der Waals surface area contributed by atoms with Gasteiger partial charge in [-0.15, -0.1) is 0 Å². The predicted molar refractivity (Wildman–Crippen MR) is 81.8 cm³/mol. The summed E-state index contributed by atoms with van der Waals surface area (Å²) >= 11 is 0. The molecule has 0 saturated heterocycles. The number of nitrogens with one attached hydrogen (secondary N) is 1. The number of Topliss-reactive ketones (excluding diaryl/α,β-unsaturated/α-hetero) is 1. The molecule has 0 fully saturated rings. The van der Waals surface area contributed by atoms with Crippen molar-refractivity contribution in [2.45, 2.75) is 39.5 Å². The average molecular weight is 286 g/mol. The van der Waals surface area contributed by atoms with Crippen LogP contribution in [0.15, 0.2) is 24.3 Å². The number of ketones is 1. The first kappa shape index (κ1) is 16.9. The zero-order valence-corrected chi connectivity index (χ0v) is 12.7. The maximum absolute atomic E-state index is 11.9. The average Bonchev–Trinajstić information content (AvgIpc) is 2.47. The van der Waals surface area contributed by atoms with Crippen LogP contribution in [0.1, 0.15) is 49.0 Å². The van der Waals surface area contributed by atoms with E-state index in [1.807, 2.05) is 24.3 Å². The lowest BCUT2D eigenvalue weighted by atomic mass is 9.99. The quantitative estimate of drug-likeness (QED) is 0.590. The van der Waals surface area contributed by atoms with Gasteiger partial charge in [0.15, 0.2) is 5.78 Å². The number of nitriles is 1. The molecule has 112 valence electrons. The van der Waals surface area contributed by atoms with Crippen LogP contribution in [0, 0.1) is 17.2 Å². The number of carbonyl (C=O) groups is 2. The number of amides is 1. The number of benzene rings is 1. The van der Waals surface area contributed by atoms with Crippen LogP contribution in [0.3, 0.4) is 0 Å². The summed E-state index contributed by atoms with van der Waals surface area (Å²) in [5, 5.41) is 11.5. The summed E-state index contributed by atoms with van der Waals surface area (Å²) in [6, 6.07) is 9.65. The zero-order chi connectivity index (χ0) is 15.7. The van der Waals surface area contributed by atoms with E-state index >= 15 is 0 Å². The first-order valence-corrected chi connectivity index (χ1v) is 7.29. The monoisotopic (exact) mass is 286 g/mol. The van der Waals surface area contributed by atoms with Gasteiger partial charge in [0.1, 0.15) is 0 Å². The van der Waals surface area contributed by atoms with Gasteiger partial charge in [0.05, 0.1) is 12.0 Å². The Kier molecular flexibility index (Phi) is 7.17. The summed E-state index contributed by atoms with van der Waals surface area (Å²) in [6.45, 7) is 3.97. The van der Waals surface area contributed by atoms with E-state index < -0.39 is 0 Å². The second-order valence-corrected chi connectivity index (χ2v) is 5.29. The van der Waals surface area contributed by atoms with Gasteiger partial charge >= 0.3 is 0 Å². The van der Waals surface area contributed by atoms with Gasteiger partial charge in [0.2, 0.25) is 5.91 Å². The maximum Gasteiger partial charge on any atom is 0.216 e. The lowest BCUT2D eigenvalue weighted by molar-refractivity contribution is -0.118. The first-order valence-electron chi connectivity index (χ1n) is 7.29. The van der Waals surface area contributed by atoms with E-state index in [2.05, 4.69) is 11.4 Å². The van der Waals surface area contributed by atoms with Crippen molar-refractivity contribution in [3.05, 3.63) is 35.4 Å². The van der Waals surface area contributed by atoms with Gasteiger partial charge in [0, 0.05) is 25.5 Å². The fourth-order valence-corrected chi connectivity index (χ4v) is 2.02. The maximum atomic E-state index is 11.9. The summed E-state index contributed by atoms with van der Waals surface area (Å²) in [6.07, 6.45) is 3.15. The summed E-state index contributed by atoms with van der Waals surface area (Å²) in [5.41, 5.74) is 1.85. The number of rotatable bonds is 8. The van der Waals surface area contributed by atoms with E-state index in [-0.39, 0.29) is 24.0 Å². The smallest absolute Gasteiger partial charge is 0.216 e. The summed E-state index contributed by atoms with van der Waals surface area (Å²) in [4.78, 5) is 22.6. The molecule has 1 atom stereocenters. The molecule has 4 heteroatoms. The number of aryl methyl sites for hydroxylation is 1. The highest BCUT2D eigenvalue weighted by molar-refractivity contribution is 5.96. The molecule has 1 aromatic rings. The minimum atomic E-state index is -0.244. The van der Waals surface area contributed by atoms with Crippen LogP contribution in [0.4, 0.5) is 0 Å². The third-order valence-electron chi connectivity index (χ3n) is 3.25. The Hall–Kier alpha value is -2.15. The molecule has 0 aliphatic rings. The van der Waals surface area contributed by atoms with Gasteiger partial charge in [-0.25, -0.2) is 0 Å². The van der Waals surface area contributed by atoms with E-state index in [9.17, 15) is 9.59 Å². The minimum Gasteiger partial charge on any atom is -0.356 e. The SMILES string of the molecule is CC(=O)NCCCCc1ccc(C(=O)CC(C)C#N)cc1. The fourth-order valence-electron chi connectivity index (χ4n) is 2.02. The van der Waals surface area contributed by atoms with Crippen LogP contribution in [-0.4, -0.2) is 18.2 Å². The van der Waals surface area contributed by atoms with Crippen LogP contribution in [0.2, 0.25) is 0 Å². The molecule has 0 heterocycles. The van der Waals surface area contributed by atoms with E-state index in [1.165, 1.54) is 12.5 Å². The Morgan fingerprint density at radius 3 is 2.48 bits per heavy atom. The first-order chi connectivity index (χ1) is 10.0. The molecule has 0 radical (unpaired) electrons. The molecule has 0 saturated carbocycles. The van der Waals surface area contributed by atoms with E-state index in [0.717, 1.165) is 19.3 Å². The molecule has 0 aliphatic heterocycles. The van der Waals surface area contributed by atoms with Crippen LogP contribution in [-0.2, 0) is 11.2 Å². The second-order valence-electron chi connectivity index (χ2n) is 5.29. The van der Waals surface area contributed by atoms with Crippen molar-refractivity contribution in [1.82, 2.24) is 5.32 Å². The van der Waals surface area contributed by atoms with Crippen LogP contribution in [0.25, 0.3) is 0 Å². The molecule has 21 heavy (non-hydrogen) atoms. The van der Waals surface area contributed by atoms with Gasteiger partial charge < -0.3 is 5.32 Å². The molecule has 0 spiro atoms. The zero-order valence-electron chi connectivity index (χ0n) is 12.7. The number of carbonyl (C=O) groups excluding carboxylic acids is 2. The molecular weight excluding hydrogens is 264 g/mol. The van der Waals surface area contributed by atoms with Crippen molar-refractivity contribution >= 4 is 11.7 Å². The molecule has 0 aromatic heterocycles. The number of nitrogens with zero attached hydrogens (tertiary/aromatic N) is 1. The highest BCUT2D eigenvalue weighted by Crippen LogP contribution is 2.12. The molecule has 4 nitrogen and oxygen atoms in total. The highest BCUT2D eigenvalue weighted by atomic mass is 16.1. The molecule has 0 aliphatic carbocycles. The van der Waals surface area contributed by atoms with E-state index in [4.69, 9.17) is 5.26 Å². The predicted octanol–water partition coefficient (Wildman–Crippen LogP) is 2.88. The molecule has 1 aromatic carbocycles. The fraction of sp³-hybridized carbons (Fsp3) is 0.471. The van der Waals surface area contributed by atoms with Crippen LogP contribution in [0.5, 0.6) is 0 Å². The lowest BCUT2D eigenvalue weighted by Gasteiger charge is -2.05. The highest BCUT2D eigenvalue weighted by Gasteiger charge is 2.10. The Balaban J connectivity index is 2.38. The molecule has 1 rings (SSSR count). The minimum absolute atomic E-state index is 0.00413. The van der Waals surface area contributed by atoms with Gasteiger partial charge in [0.25, 0.3) is 0 Å². The molecule has 1 N–H and O–H groups in total. The second kappa shape index (κ2) is 8.91. The number of hydrogen-bond donors (Lipinski definition) is 1. The topological polar surface area (TPSA) is 70.0 Å². The molecule has 0 bridgehead atoms. The lowest BCUT2D eigenvalue weighted by Crippen LogP contribution is -2.20. The molecule has 1 amide bonds. The normalized spacial score (nSPS) is 11.5. The van der Waals surface area contributed by atoms with E-state index in [0.29, 0.717) is 12.1 Å². The Labute approximate surface area is 126 Å². The third-order valence-corrected chi connectivity index (χ3v) is 3.25. The van der Waals surface area contributed by atoms with E-state index in [1.54, 1.807) is 6.92 Å². The van der Waals surface area contributed by atoms with Crippen molar-refractivity contribution < 1.29 is 9.59 Å². The van der Waals surface area contributed by atoms with Crippen molar-refractivity contribution in [3.8, 4) is 6.07 Å². The summed E-state index contributed by atoms with van der Waals surface area (Å²) in [7, 11) is 0. The van der Waals surface area contributed by atoms with Gasteiger partial charge in [-0.3, -0.25) is 9.59 Å². The summed E-state index contributed by atoms with van der Waals surface area (Å²) < 4.78 is 0. The van der Waals surface area contributed by atoms with Crippen molar-refractivity contribution in [3.63, 3.8) is 0 Å². The Morgan fingerprint density at radius 2 is 1.90 bits per heavy atom. The number of unbranched alkanes of at least 4 members (excludes halogenated alkanes) is 1. The van der Waals surface area contributed by atoms with Crippen LogP contribution < -0.4 is 5.32 Å². The Morgan fingerprint density at radius 1 is 1.24 bits per heavy atom.